The van der Waals surface area contributed by atoms with Gasteiger partial charge in [0.05, 0.1) is 6.04 Å². The summed E-state index contributed by atoms with van der Waals surface area (Å²) >= 11 is 5.49. The van der Waals surface area contributed by atoms with E-state index in [0.717, 1.165) is 37.4 Å². The third-order valence-corrected chi connectivity index (χ3v) is 5.94. The van der Waals surface area contributed by atoms with Gasteiger partial charge in [-0.1, -0.05) is 12.1 Å². The Kier molecular flexibility index (Phi) is 6.00. The predicted octanol–water partition coefficient (Wildman–Crippen LogP) is 4.46. The van der Waals surface area contributed by atoms with Crippen LogP contribution < -0.4 is 20.4 Å². The van der Waals surface area contributed by atoms with Crippen molar-refractivity contribution < 1.29 is 4.79 Å². The number of carbonyl (C=O) groups is 1. The molecule has 2 N–H and O–H groups in total. The standard InChI is InChI=1S/C23H28N4OS/c1-17(18-6-10-20(11-7-18)26-14-2-3-15-26)24-23(29)25-19-8-12-21(13-9-19)27-16-4-5-22(27)28/h6-13,17H,2-5,14-16H2,1H3,(H2,24,25,29). The van der Waals surface area contributed by atoms with Crippen LogP contribution in [-0.4, -0.2) is 30.7 Å². The second-order valence-electron chi connectivity index (χ2n) is 7.80. The van der Waals surface area contributed by atoms with Gasteiger partial charge >= 0.3 is 0 Å². The van der Waals surface area contributed by atoms with Gasteiger partial charge in [0.25, 0.3) is 0 Å². The van der Waals surface area contributed by atoms with Crippen molar-refractivity contribution in [2.24, 2.45) is 0 Å². The third kappa shape index (κ3) is 4.70. The van der Waals surface area contributed by atoms with Crippen molar-refractivity contribution in [1.82, 2.24) is 5.32 Å². The molecule has 2 aliphatic heterocycles. The van der Waals surface area contributed by atoms with E-state index < -0.39 is 0 Å². The van der Waals surface area contributed by atoms with Crippen LogP contribution in [0.3, 0.4) is 0 Å². The zero-order chi connectivity index (χ0) is 20.2. The van der Waals surface area contributed by atoms with Gasteiger partial charge in [0.15, 0.2) is 5.11 Å². The highest BCUT2D eigenvalue weighted by Gasteiger charge is 2.21. The fourth-order valence-corrected chi connectivity index (χ4v) is 4.34. The minimum atomic E-state index is 0.115. The van der Waals surface area contributed by atoms with Gasteiger partial charge in [-0.25, -0.2) is 0 Å². The summed E-state index contributed by atoms with van der Waals surface area (Å²) in [5, 5.41) is 7.18. The number of benzene rings is 2. The topological polar surface area (TPSA) is 47.6 Å². The minimum absolute atomic E-state index is 0.115. The number of nitrogens with one attached hydrogen (secondary N) is 2. The van der Waals surface area contributed by atoms with Gasteiger partial charge in [-0.2, -0.15) is 0 Å². The van der Waals surface area contributed by atoms with Crippen LogP contribution in [-0.2, 0) is 4.79 Å². The zero-order valence-electron chi connectivity index (χ0n) is 16.9. The average molecular weight is 409 g/mol. The van der Waals surface area contributed by atoms with Crippen molar-refractivity contribution >= 4 is 40.3 Å². The van der Waals surface area contributed by atoms with Crippen LogP contribution in [0.5, 0.6) is 0 Å². The average Bonchev–Trinajstić information content (AvgIpc) is 3.41. The quantitative estimate of drug-likeness (QED) is 0.715. The van der Waals surface area contributed by atoms with E-state index in [1.807, 2.05) is 29.2 Å². The van der Waals surface area contributed by atoms with Crippen molar-refractivity contribution in [2.45, 2.75) is 38.6 Å². The van der Waals surface area contributed by atoms with Crippen molar-refractivity contribution in [1.29, 1.82) is 0 Å². The first-order valence-electron chi connectivity index (χ1n) is 10.4. The molecule has 1 atom stereocenters. The van der Waals surface area contributed by atoms with Crippen molar-refractivity contribution in [2.75, 3.05) is 34.8 Å². The molecule has 2 heterocycles. The molecule has 0 aliphatic carbocycles. The molecule has 2 aliphatic rings. The lowest BCUT2D eigenvalue weighted by atomic mass is 10.1. The van der Waals surface area contributed by atoms with Gasteiger partial charge in [-0.05, 0) is 80.4 Å². The number of rotatable bonds is 5. The molecule has 2 saturated heterocycles. The van der Waals surface area contributed by atoms with Crippen LogP contribution in [0.25, 0.3) is 0 Å². The van der Waals surface area contributed by atoms with E-state index in [1.54, 1.807) is 0 Å². The summed E-state index contributed by atoms with van der Waals surface area (Å²) in [4.78, 5) is 16.1. The highest BCUT2D eigenvalue weighted by atomic mass is 32.1. The molecule has 6 heteroatoms. The lowest BCUT2D eigenvalue weighted by Crippen LogP contribution is -2.31. The number of nitrogens with zero attached hydrogens (tertiary/aromatic N) is 2. The highest BCUT2D eigenvalue weighted by Crippen LogP contribution is 2.24. The lowest BCUT2D eigenvalue weighted by Gasteiger charge is -2.21. The lowest BCUT2D eigenvalue weighted by molar-refractivity contribution is -0.117. The number of hydrogen-bond acceptors (Lipinski definition) is 3. The molecular formula is C23H28N4OS. The van der Waals surface area contributed by atoms with E-state index in [0.29, 0.717) is 11.5 Å². The maximum Gasteiger partial charge on any atom is 0.227 e. The van der Waals surface area contributed by atoms with Crippen molar-refractivity contribution in [3.63, 3.8) is 0 Å². The van der Waals surface area contributed by atoms with Crippen LogP contribution >= 0.6 is 12.2 Å². The number of anilines is 3. The molecule has 0 aromatic heterocycles. The minimum Gasteiger partial charge on any atom is -0.372 e. The summed E-state index contributed by atoms with van der Waals surface area (Å²) in [6.07, 6.45) is 4.15. The summed E-state index contributed by atoms with van der Waals surface area (Å²) in [5.74, 6) is 0.201. The van der Waals surface area contributed by atoms with E-state index in [1.165, 1.54) is 24.1 Å². The first-order valence-corrected chi connectivity index (χ1v) is 10.8. The first kappa shape index (κ1) is 19.7. The fourth-order valence-electron chi connectivity index (χ4n) is 4.04. The van der Waals surface area contributed by atoms with Crippen LogP contribution in [0, 0.1) is 0 Å². The fraction of sp³-hybridized carbons (Fsp3) is 0.391. The molecule has 0 spiro atoms. The van der Waals surface area contributed by atoms with Gasteiger partial charge in [0.2, 0.25) is 5.91 Å². The van der Waals surface area contributed by atoms with E-state index in [9.17, 15) is 4.79 Å². The summed E-state index contributed by atoms with van der Waals surface area (Å²) in [5.41, 5.74) is 4.37. The Morgan fingerprint density at radius 2 is 1.59 bits per heavy atom. The SMILES string of the molecule is CC(NC(=S)Nc1ccc(N2CCCC2=O)cc1)c1ccc(N2CCCC2)cc1. The Bertz CT molecular complexity index is 859. The monoisotopic (exact) mass is 408 g/mol. The number of amides is 1. The molecule has 152 valence electrons. The second-order valence-corrected chi connectivity index (χ2v) is 8.21. The molecule has 1 amide bonds. The second kappa shape index (κ2) is 8.82. The maximum absolute atomic E-state index is 11.9. The Morgan fingerprint density at radius 1 is 0.931 bits per heavy atom. The van der Waals surface area contributed by atoms with Gasteiger partial charge in [-0.15, -0.1) is 0 Å². The molecule has 2 aromatic rings. The molecule has 29 heavy (non-hydrogen) atoms. The number of carbonyl (C=O) groups excluding carboxylic acids is 1. The summed E-state index contributed by atoms with van der Waals surface area (Å²) in [7, 11) is 0. The van der Waals surface area contributed by atoms with Gasteiger partial charge in [0, 0.05) is 43.1 Å². The van der Waals surface area contributed by atoms with E-state index >= 15 is 0 Å². The molecule has 2 aromatic carbocycles. The molecule has 1 unspecified atom stereocenters. The van der Waals surface area contributed by atoms with Gasteiger partial charge < -0.3 is 20.4 Å². The molecule has 5 nitrogen and oxygen atoms in total. The summed E-state index contributed by atoms with van der Waals surface area (Å²) < 4.78 is 0. The van der Waals surface area contributed by atoms with Crippen molar-refractivity contribution in [3.05, 3.63) is 54.1 Å². The number of hydrogen-bond donors (Lipinski definition) is 2. The molecular weight excluding hydrogens is 380 g/mol. The molecule has 0 bridgehead atoms. The van der Waals surface area contributed by atoms with Crippen LogP contribution in [0.1, 0.15) is 44.2 Å². The van der Waals surface area contributed by atoms with Crippen LogP contribution in [0.4, 0.5) is 17.1 Å². The van der Waals surface area contributed by atoms with Crippen LogP contribution in [0.15, 0.2) is 48.5 Å². The molecule has 0 radical (unpaired) electrons. The highest BCUT2D eigenvalue weighted by molar-refractivity contribution is 7.80. The Balaban J connectivity index is 1.31. The third-order valence-electron chi connectivity index (χ3n) is 5.72. The van der Waals surface area contributed by atoms with Gasteiger partial charge in [0.1, 0.15) is 0 Å². The smallest absolute Gasteiger partial charge is 0.227 e. The molecule has 0 saturated carbocycles. The normalized spacial score (nSPS) is 17.5. The Hall–Kier alpha value is -2.60. The van der Waals surface area contributed by atoms with Crippen molar-refractivity contribution in [3.8, 4) is 0 Å². The van der Waals surface area contributed by atoms with E-state index in [2.05, 4.69) is 46.7 Å². The molecule has 2 fully saturated rings. The maximum atomic E-state index is 11.9. The van der Waals surface area contributed by atoms with Crippen LogP contribution in [0.2, 0.25) is 0 Å². The Labute approximate surface area is 178 Å². The summed E-state index contributed by atoms with van der Waals surface area (Å²) in [6.45, 7) is 5.23. The van der Waals surface area contributed by atoms with Gasteiger partial charge in [-0.3, -0.25) is 4.79 Å². The summed E-state index contributed by atoms with van der Waals surface area (Å²) in [6, 6.07) is 16.7. The van der Waals surface area contributed by atoms with E-state index in [-0.39, 0.29) is 11.9 Å². The molecule has 4 rings (SSSR count). The van der Waals surface area contributed by atoms with E-state index in [4.69, 9.17) is 12.2 Å². The Morgan fingerprint density at radius 3 is 2.21 bits per heavy atom. The predicted molar refractivity (Wildman–Crippen MR) is 124 cm³/mol. The zero-order valence-corrected chi connectivity index (χ0v) is 17.7. The largest absolute Gasteiger partial charge is 0.372 e. The first-order chi connectivity index (χ1) is 14.1. The number of thiocarbonyl (C=S) groups is 1.